The first-order valence-corrected chi connectivity index (χ1v) is 10.3. The maximum Gasteiger partial charge on any atom is 0.184 e. The van der Waals surface area contributed by atoms with E-state index in [1.807, 2.05) is 67.6 Å². The summed E-state index contributed by atoms with van der Waals surface area (Å²) in [6, 6.07) is 18.0. The van der Waals surface area contributed by atoms with Crippen LogP contribution in [-0.2, 0) is 4.79 Å². The molecule has 2 aliphatic carbocycles. The minimum atomic E-state index is -0.471. The molecule has 2 aromatic rings. The van der Waals surface area contributed by atoms with E-state index < -0.39 is 6.10 Å². The molecular formula is C27H26O2. The predicted octanol–water partition coefficient (Wildman–Crippen LogP) is 5.31. The maximum absolute atomic E-state index is 12.9. The molecule has 0 saturated heterocycles. The van der Waals surface area contributed by atoms with Crippen molar-refractivity contribution in [3.63, 3.8) is 0 Å². The highest BCUT2D eigenvalue weighted by Gasteiger charge is 2.43. The smallest absolute Gasteiger partial charge is 0.184 e. The van der Waals surface area contributed by atoms with Crippen molar-refractivity contribution in [2.45, 2.75) is 45.6 Å². The molecule has 2 aliphatic rings. The Bertz CT molecular complexity index is 1050. The van der Waals surface area contributed by atoms with Crippen LogP contribution in [0.2, 0.25) is 0 Å². The predicted molar refractivity (Wildman–Crippen MR) is 117 cm³/mol. The number of fused-ring (bicyclic) bond motifs is 1. The normalized spacial score (nSPS) is 25.4. The molecule has 0 bridgehead atoms. The Morgan fingerprint density at radius 2 is 1.69 bits per heavy atom. The third-order valence-corrected chi connectivity index (χ3v) is 6.18. The Balaban J connectivity index is 1.59. The zero-order chi connectivity index (χ0) is 20.4. The fraction of sp³-hybridized carbons (Fsp3) is 0.296. The van der Waals surface area contributed by atoms with Crippen LogP contribution in [0.25, 0.3) is 6.08 Å². The summed E-state index contributed by atoms with van der Waals surface area (Å²) < 4.78 is 0. The molecular weight excluding hydrogens is 356 g/mol. The first-order chi connectivity index (χ1) is 14.0. The number of Topliss-reactive ketones (excluding diaryl/α,β-unsaturated/α-hetero) is 1. The Kier molecular flexibility index (Phi) is 5.26. The summed E-state index contributed by atoms with van der Waals surface area (Å²) in [5.74, 6) is 6.42. The lowest BCUT2D eigenvalue weighted by atomic mass is 9.61. The van der Waals surface area contributed by atoms with Crippen LogP contribution in [0.1, 0.15) is 56.2 Å². The number of hydrogen-bond donors (Lipinski definition) is 1. The number of carbonyl (C=O) groups excluding carboxylic acids is 1. The summed E-state index contributed by atoms with van der Waals surface area (Å²) in [5, 5.41) is 10.5. The molecule has 0 aliphatic heterocycles. The maximum atomic E-state index is 12.9. The molecule has 0 spiro atoms. The summed E-state index contributed by atoms with van der Waals surface area (Å²) in [4.78, 5) is 12.9. The van der Waals surface area contributed by atoms with E-state index in [9.17, 15) is 9.90 Å². The second-order valence-corrected chi connectivity index (χ2v) is 8.42. The quantitative estimate of drug-likeness (QED) is 0.536. The molecule has 1 fully saturated rings. The molecule has 146 valence electrons. The number of aliphatic hydroxyl groups excluding tert-OH is 1. The van der Waals surface area contributed by atoms with Crippen LogP contribution in [0.3, 0.4) is 0 Å². The first-order valence-electron chi connectivity index (χ1n) is 10.3. The third-order valence-electron chi connectivity index (χ3n) is 6.18. The van der Waals surface area contributed by atoms with Gasteiger partial charge in [-0.05, 0) is 85.1 Å². The van der Waals surface area contributed by atoms with Crippen molar-refractivity contribution in [1.29, 1.82) is 0 Å². The lowest BCUT2D eigenvalue weighted by molar-refractivity contribution is -0.113. The third kappa shape index (κ3) is 3.97. The van der Waals surface area contributed by atoms with E-state index in [0.29, 0.717) is 6.42 Å². The number of rotatable bonds is 1. The molecule has 0 heterocycles. The largest absolute Gasteiger partial charge is 0.389 e. The fourth-order valence-electron chi connectivity index (χ4n) is 4.76. The average Bonchev–Trinajstić information content (AvgIpc) is 2.72. The molecule has 4 rings (SSSR count). The van der Waals surface area contributed by atoms with Gasteiger partial charge in [0.2, 0.25) is 0 Å². The number of allylic oxidation sites excluding steroid dienone is 2. The minimum absolute atomic E-state index is 0.0753. The SMILES string of the molecule is CC1=C2[C@@H](O)CCC[C@@]2(C)C/C(=C\c2ccc(C#Cc3ccccc3)cc2)C1=O. The van der Waals surface area contributed by atoms with Crippen LogP contribution >= 0.6 is 0 Å². The van der Waals surface area contributed by atoms with Gasteiger partial charge in [0.05, 0.1) is 6.10 Å². The highest BCUT2D eigenvalue weighted by atomic mass is 16.3. The molecule has 2 nitrogen and oxygen atoms in total. The number of aliphatic hydroxyl groups is 1. The Hall–Kier alpha value is -2.89. The zero-order valence-corrected chi connectivity index (χ0v) is 17.0. The van der Waals surface area contributed by atoms with Crippen molar-refractivity contribution in [3.05, 3.63) is 88.0 Å². The number of benzene rings is 2. The molecule has 2 heteroatoms. The lowest BCUT2D eigenvalue weighted by Gasteiger charge is -2.44. The van der Waals surface area contributed by atoms with Crippen LogP contribution in [0.5, 0.6) is 0 Å². The zero-order valence-electron chi connectivity index (χ0n) is 17.0. The summed E-state index contributed by atoms with van der Waals surface area (Å²) in [6.45, 7) is 4.07. The second-order valence-electron chi connectivity index (χ2n) is 8.42. The van der Waals surface area contributed by atoms with E-state index >= 15 is 0 Å². The van der Waals surface area contributed by atoms with Crippen LogP contribution in [-0.4, -0.2) is 17.0 Å². The van der Waals surface area contributed by atoms with Crippen molar-refractivity contribution in [2.24, 2.45) is 5.41 Å². The van der Waals surface area contributed by atoms with Gasteiger partial charge in [0.15, 0.2) is 5.78 Å². The van der Waals surface area contributed by atoms with Crippen molar-refractivity contribution < 1.29 is 9.90 Å². The van der Waals surface area contributed by atoms with Crippen molar-refractivity contribution in [2.75, 3.05) is 0 Å². The summed E-state index contributed by atoms with van der Waals surface area (Å²) >= 11 is 0. The Morgan fingerprint density at radius 3 is 2.38 bits per heavy atom. The van der Waals surface area contributed by atoms with Gasteiger partial charge in [-0.25, -0.2) is 0 Å². The van der Waals surface area contributed by atoms with E-state index in [1.165, 1.54) is 0 Å². The standard InChI is InChI=1S/C27H26O2/c1-19-25-24(28)9-6-16-27(25,2)18-23(26(19)29)17-22-14-12-21(13-15-22)11-10-20-7-4-3-5-8-20/h3-5,7-8,12-15,17,24,28H,6,9,16,18H2,1-2H3/b23-17+/t24-,27-/m0/s1. The van der Waals surface area contributed by atoms with Crippen molar-refractivity contribution >= 4 is 11.9 Å². The fourth-order valence-corrected chi connectivity index (χ4v) is 4.76. The van der Waals surface area contributed by atoms with Crippen molar-refractivity contribution in [1.82, 2.24) is 0 Å². The summed E-state index contributed by atoms with van der Waals surface area (Å²) in [5.41, 5.74) is 5.39. The Labute approximate surface area is 173 Å². The first kappa shape index (κ1) is 19.4. The van der Waals surface area contributed by atoms with E-state index in [2.05, 4.69) is 18.8 Å². The minimum Gasteiger partial charge on any atom is -0.389 e. The summed E-state index contributed by atoms with van der Waals surface area (Å²) in [6.07, 6.45) is 5.02. The number of ketones is 1. The number of carbonyl (C=O) groups is 1. The van der Waals surface area contributed by atoms with Crippen molar-refractivity contribution in [3.8, 4) is 11.8 Å². The molecule has 29 heavy (non-hydrogen) atoms. The van der Waals surface area contributed by atoms with Gasteiger partial charge in [-0.2, -0.15) is 0 Å². The Morgan fingerprint density at radius 1 is 1.03 bits per heavy atom. The molecule has 0 aromatic heterocycles. The monoisotopic (exact) mass is 382 g/mol. The molecule has 0 amide bonds. The van der Waals surface area contributed by atoms with Gasteiger partial charge in [-0.1, -0.05) is 49.1 Å². The van der Waals surface area contributed by atoms with Gasteiger partial charge in [0.25, 0.3) is 0 Å². The molecule has 1 N–H and O–H groups in total. The van der Waals surface area contributed by atoms with Crippen LogP contribution in [0.15, 0.2) is 71.3 Å². The second kappa shape index (κ2) is 7.85. The topological polar surface area (TPSA) is 37.3 Å². The molecule has 1 saturated carbocycles. The molecule has 2 atom stereocenters. The van der Waals surface area contributed by atoms with E-state index in [0.717, 1.165) is 52.7 Å². The van der Waals surface area contributed by atoms with Gasteiger partial charge < -0.3 is 5.11 Å². The van der Waals surface area contributed by atoms with Gasteiger partial charge in [0, 0.05) is 16.7 Å². The van der Waals surface area contributed by atoms with Gasteiger partial charge in [0.1, 0.15) is 0 Å². The van der Waals surface area contributed by atoms with E-state index in [4.69, 9.17) is 0 Å². The van der Waals surface area contributed by atoms with Gasteiger partial charge >= 0.3 is 0 Å². The van der Waals surface area contributed by atoms with Gasteiger partial charge in [-0.15, -0.1) is 0 Å². The van der Waals surface area contributed by atoms with E-state index in [-0.39, 0.29) is 11.2 Å². The van der Waals surface area contributed by atoms with Crippen LogP contribution in [0.4, 0.5) is 0 Å². The molecule has 0 radical (unpaired) electrons. The highest BCUT2D eigenvalue weighted by molar-refractivity contribution is 6.12. The average molecular weight is 383 g/mol. The highest BCUT2D eigenvalue weighted by Crippen LogP contribution is 2.50. The van der Waals surface area contributed by atoms with Crippen LogP contribution < -0.4 is 0 Å². The lowest BCUT2D eigenvalue weighted by Crippen LogP contribution is -2.38. The summed E-state index contributed by atoms with van der Waals surface area (Å²) in [7, 11) is 0. The molecule has 0 unspecified atom stereocenters. The molecule has 2 aromatic carbocycles. The van der Waals surface area contributed by atoms with Gasteiger partial charge in [-0.3, -0.25) is 4.79 Å². The van der Waals surface area contributed by atoms with E-state index in [1.54, 1.807) is 0 Å². The number of hydrogen-bond acceptors (Lipinski definition) is 2. The van der Waals surface area contributed by atoms with Crippen LogP contribution in [0, 0.1) is 17.3 Å².